The number of benzene rings is 1. The zero-order valence-corrected chi connectivity index (χ0v) is 15.5. The van der Waals surface area contributed by atoms with Gasteiger partial charge in [0.25, 0.3) is 0 Å². The van der Waals surface area contributed by atoms with Gasteiger partial charge in [-0.15, -0.1) is 0 Å². The van der Waals surface area contributed by atoms with Crippen LogP contribution >= 0.6 is 0 Å². The van der Waals surface area contributed by atoms with Gasteiger partial charge in [0.05, 0.1) is 23.9 Å². The fourth-order valence-electron chi connectivity index (χ4n) is 3.55. The number of hydrogen-bond acceptors (Lipinski definition) is 3. The summed E-state index contributed by atoms with van der Waals surface area (Å²) < 4.78 is 7.35. The highest BCUT2D eigenvalue weighted by Gasteiger charge is 2.31. The van der Waals surface area contributed by atoms with Gasteiger partial charge in [-0.05, 0) is 44.5 Å². The van der Waals surface area contributed by atoms with E-state index in [4.69, 9.17) is 4.74 Å². The topological polar surface area (TPSA) is 63.6 Å². The number of carbonyl (C=O) groups excluding carboxylic acids is 2. The Morgan fingerprint density at radius 1 is 1.15 bits per heavy atom. The lowest BCUT2D eigenvalue weighted by Gasteiger charge is -2.37. The Kier molecular flexibility index (Phi) is 5.30. The monoisotopic (exact) mass is 355 g/mol. The van der Waals surface area contributed by atoms with Crippen molar-refractivity contribution in [1.29, 1.82) is 0 Å². The van der Waals surface area contributed by atoms with E-state index in [0.29, 0.717) is 24.4 Å². The number of esters is 1. The number of anilines is 1. The molecule has 1 aliphatic rings. The fraction of sp³-hybridized carbons (Fsp3) is 0.400. The maximum atomic E-state index is 12.9. The Hall–Kier alpha value is -2.76. The molecule has 0 saturated heterocycles. The Balaban J connectivity index is 1.82. The smallest absolute Gasteiger partial charge is 0.340 e. The molecule has 2 aromatic rings. The molecule has 6 nitrogen and oxygen atoms in total. The van der Waals surface area contributed by atoms with Crippen molar-refractivity contribution in [2.45, 2.75) is 39.8 Å². The second-order valence-electron chi connectivity index (χ2n) is 6.36. The molecule has 0 unspecified atom stereocenters. The summed E-state index contributed by atoms with van der Waals surface area (Å²) in [5, 5.41) is 2.90. The number of nitrogens with one attached hydrogen (secondary N) is 1. The van der Waals surface area contributed by atoms with Gasteiger partial charge in [-0.1, -0.05) is 19.1 Å². The Morgan fingerprint density at radius 3 is 2.65 bits per heavy atom. The summed E-state index contributed by atoms with van der Waals surface area (Å²) >= 11 is 0. The average molecular weight is 355 g/mol. The number of fused-ring (bicyclic) bond motifs is 1. The number of aryl methyl sites for hydroxylation is 1. The van der Waals surface area contributed by atoms with E-state index in [1.54, 1.807) is 31.2 Å². The number of nitrogens with zero attached hydrogens (tertiary/aromatic N) is 2. The van der Waals surface area contributed by atoms with Gasteiger partial charge in [-0.2, -0.15) is 0 Å². The molecule has 0 bridgehead atoms. The molecule has 3 rings (SSSR count). The van der Waals surface area contributed by atoms with Crippen LogP contribution in [0.1, 0.15) is 48.1 Å². The van der Waals surface area contributed by atoms with E-state index in [1.807, 2.05) is 4.90 Å². The second-order valence-corrected chi connectivity index (χ2v) is 6.36. The van der Waals surface area contributed by atoms with E-state index in [2.05, 4.69) is 35.9 Å². The summed E-state index contributed by atoms with van der Waals surface area (Å²) in [4.78, 5) is 26.9. The third kappa shape index (κ3) is 3.31. The van der Waals surface area contributed by atoms with Crippen molar-refractivity contribution in [3.63, 3.8) is 0 Å². The van der Waals surface area contributed by atoms with Crippen LogP contribution in [0.4, 0.5) is 10.5 Å². The Labute approximate surface area is 153 Å². The molecule has 0 saturated carbocycles. The van der Waals surface area contributed by atoms with Crippen LogP contribution in [0.5, 0.6) is 0 Å². The first-order chi connectivity index (χ1) is 12.6. The van der Waals surface area contributed by atoms with Gasteiger partial charge in [0, 0.05) is 24.5 Å². The first kappa shape index (κ1) is 18.0. The van der Waals surface area contributed by atoms with Gasteiger partial charge in [0.1, 0.15) is 0 Å². The third-order valence-electron chi connectivity index (χ3n) is 4.83. The van der Waals surface area contributed by atoms with Crippen molar-refractivity contribution in [1.82, 2.24) is 9.47 Å². The molecule has 0 radical (unpaired) electrons. The van der Waals surface area contributed by atoms with Crippen molar-refractivity contribution in [2.75, 3.05) is 18.5 Å². The number of carbonyl (C=O) groups is 2. The highest BCUT2D eigenvalue weighted by Crippen LogP contribution is 2.31. The average Bonchev–Trinajstić information content (AvgIpc) is 3.02. The lowest BCUT2D eigenvalue weighted by atomic mass is 10.1. The normalized spacial score (nSPS) is 16.1. The molecule has 6 heteroatoms. The van der Waals surface area contributed by atoms with E-state index in [0.717, 1.165) is 18.7 Å². The van der Waals surface area contributed by atoms with Crippen LogP contribution in [0.25, 0.3) is 0 Å². The summed E-state index contributed by atoms with van der Waals surface area (Å²) in [7, 11) is 0. The van der Waals surface area contributed by atoms with Gasteiger partial charge >= 0.3 is 12.0 Å². The first-order valence-corrected chi connectivity index (χ1v) is 9.06. The molecule has 1 atom stereocenters. The maximum Gasteiger partial charge on any atom is 0.340 e. The van der Waals surface area contributed by atoms with Gasteiger partial charge < -0.3 is 19.5 Å². The van der Waals surface area contributed by atoms with E-state index < -0.39 is 5.97 Å². The van der Waals surface area contributed by atoms with Crippen LogP contribution < -0.4 is 5.32 Å². The summed E-state index contributed by atoms with van der Waals surface area (Å²) in [5.74, 6) is -0.432. The third-order valence-corrected chi connectivity index (χ3v) is 4.83. The minimum absolute atomic E-state index is 0.0206. The molecule has 1 aromatic heterocycles. The van der Waals surface area contributed by atoms with E-state index >= 15 is 0 Å². The minimum atomic E-state index is -0.432. The predicted molar refractivity (Wildman–Crippen MR) is 100 cm³/mol. The number of amides is 2. The largest absolute Gasteiger partial charge is 0.462 e. The van der Waals surface area contributed by atoms with E-state index in [-0.39, 0.29) is 12.1 Å². The number of para-hydroxylation sites is 1. The SMILES string of the molecule is CCOC(=O)c1ccccc1NC(=O)N1CCn2c(C)ccc2[C@@H]1CC. The van der Waals surface area contributed by atoms with Crippen molar-refractivity contribution in [2.24, 2.45) is 0 Å². The first-order valence-electron chi connectivity index (χ1n) is 9.06. The van der Waals surface area contributed by atoms with Gasteiger partial charge in [0.15, 0.2) is 0 Å². The standard InChI is InChI=1S/C20H25N3O3/c1-4-17-18-11-10-14(3)22(18)12-13-23(17)20(25)21-16-9-7-6-8-15(16)19(24)26-5-2/h6-11,17H,4-5,12-13H2,1-3H3,(H,21,25)/t17-/m0/s1. The molecule has 1 aromatic carbocycles. The number of ether oxygens (including phenoxy) is 1. The molecule has 2 heterocycles. The molecule has 0 fully saturated rings. The van der Waals surface area contributed by atoms with Crippen molar-refractivity contribution in [3.8, 4) is 0 Å². The summed E-state index contributed by atoms with van der Waals surface area (Å²) in [6.07, 6.45) is 0.830. The molecule has 0 aliphatic carbocycles. The molecule has 1 aliphatic heterocycles. The summed E-state index contributed by atoms with van der Waals surface area (Å²) in [6.45, 7) is 7.63. The highest BCUT2D eigenvalue weighted by atomic mass is 16.5. The number of aromatic nitrogens is 1. The fourth-order valence-corrected chi connectivity index (χ4v) is 3.55. The van der Waals surface area contributed by atoms with E-state index in [1.165, 1.54) is 5.69 Å². The molecule has 2 amide bonds. The molecule has 138 valence electrons. The molecule has 1 N–H and O–H groups in total. The molecule has 0 spiro atoms. The van der Waals surface area contributed by atoms with Crippen LogP contribution in [-0.2, 0) is 11.3 Å². The van der Waals surface area contributed by atoms with Crippen LogP contribution in [-0.4, -0.2) is 34.6 Å². The number of urea groups is 1. The number of rotatable bonds is 4. The Morgan fingerprint density at radius 2 is 1.92 bits per heavy atom. The zero-order valence-electron chi connectivity index (χ0n) is 15.5. The van der Waals surface area contributed by atoms with Crippen LogP contribution in [0.15, 0.2) is 36.4 Å². The van der Waals surface area contributed by atoms with Crippen molar-refractivity contribution < 1.29 is 14.3 Å². The Bertz CT molecular complexity index is 812. The summed E-state index contributed by atoms with van der Waals surface area (Å²) in [5.41, 5.74) is 3.21. The van der Waals surface area contributed by atoms with Gasteiger partial charge in [0.2, 0.25) is 0 Å². The maximum absolute atomic E-state index is 12.9. The summed E-state index contributed by atoms with van der Waals surface area (Å²) in [6, 6.07) is 10.9. The quantitative estimate of drug-likeness (QED) is 0.844. The van der Waals surface area contributed by atoms with E-state index in [9.17, 15) is 9.59 Å². The lowest BCUT2D eigenvalue weighted by molar-refractivity contribution is 0.0527. The van der Waals surface area contributed by atoms with Crippen LogP contribution in [0, 0.1) is 6.92 Å². The van der Waals surface area contributed by atoms with Crippen LogP contribution in [0.2, 0.25) is 0 Å². The number of hydrogen-bond donors (Lipinski definition) is 1. The van der Waals surface area contributed by atoms with Crippen LogP contribution in [0.3, 0.4) is 0 Å². The molecule has 26 heavy (non-hydrogen) atoms. The molecular formula is C20H25N3O3. The zero-order chi connectivity index (χ0) is 18.7. The predicted octanol–water partition coefficient (Wildman–Crippen LogP) is 3.97. The highest BCUT2D eigenvalue weighted by molar-refractivity contribution is 6.00. The van der Waals surface area contributed by atoms with Crippen molar-refractivity contribution in [3.05, 3.63) is 53.3 Å². The second kappa shape index (κ2) is 7.64. The lowest BCUT2D eigenvalue weighted by Crippen LogP contribution is -2.44. The van der Waals surface area contributed by atoms with Gasteiger partial charge in [-0.25, -0.2) is 9.59 Å². The van der Waals surface area contributed by atoms with Gasteiger partial charge in [-0.3, -0.25) is 0 Å². The van der Waals surface area contributed by atoms with Crippen molar-refractivity contribution >= 4 is 17.7 Å². The molecular weight excluding hydrogens is 330 g/mol. The minimum Gasteiger partial charge on any atom is -0.462 e.